The molecule has 0 radical (unpaired) electrons. The van der Waals surface area contributed by atoms with Gasteiger partial charge in [0.05, 0.1) is 10.7 Å². The third-order valence-electron chi connectivity index (χ3n) is 2.96. The van der Waals surface area contributed by atoms with Crippen molar-refractivity contribution in [3.8, 4) is 11.3 Å². The third-order valence-corrected chi connectivity index (χ3v) is 5.51. The van der Waals surface area contributed by atoms with Crippen LogP contribution in [-0.2, 0) is 14.6 Å². The molecule has 0 saturated carbocycles. The topological polar surface area (TPSA) is 76.1 Å². The van der Waals surface area contributed by atoms with Gasteiger partial charge in [-0.3, -0.25) is 4.79 Å². The number of anilines is 1. The molecule has 1 aromatic carbocycles. The van der Waals surface area contributed by atoms with Crippen LogP contribution in [0.5, 0.6) is 0 Å². The molecule has 1 aromatic heterocycles. The van der Waals surface area contributed by atoms with Gasteiger partial charge in [0.15, 0.2) is 15.0 Å². The van der Waals surface area contributed by atoms with Crippen LogP contribution in [0.15, 0.2) is 23.6 Å². The molecule has 0 aliphatic carbocycles. The van der Waals surface area contributed by atoms with E-state index in [1.54, 1.807) is 5.38 Å². The second-order valence-corrected chi connectivity index (χ2v) is 8.26. The number of carbonyl (C=O) groups is 1. The summed E-state index contributed by atoms with van der Waals surface area (Å²) in [6.07, 6.45) is 0.991. The highest BCUT2D eigenvalue weighted by Crippen LogP contribution is 2.28. The first-order chi connectivity index (χ1) is 10.2. The number of sulfone groups is 1. The Morgan fingerprint density at radius 1 is 1.45 bits per heavy atom. The van der Waals surface area contributed by atoms with E-state index in [2.05, 4.69) is 10.3 Å². The van der Waals surface area contributed by atoms with E-state index in [9.17, 15) is 17.6 Å². The number of rotatable bonds is 4. The van der Waals surface area contributed by atoms with Crippen molar-refractivity contribution >= 4 is 43.8 Å². The van der Waals surface area contributed by atoms with Gasteiger partial charge in [-0.2, -0.15) is 0 Å². The molecule has 1 N–H and O–H groups in total. The molecule has 22 heavy (non-hydrogen) atoms. The molecule has 1 amide bonds. The maximum absolute atomic E-state index is 13.1. The zero-order valence-corrected chi connectivity index (χ0v) is 14.0. The van der Waals surface area contributed by atoms with Crippen molar-refractivity contribution in [3.63, 3.8) is 0 Å². The number of carbonyl (C=O) groups excluding carboxylic acids is 1. The minimum atomic E-state index is -3.47. The molecule has 0 fully saturated rings. The van der Waals surface area contributed by atoms with Crippen molar-refractivity contribution < 1.29 is 17.6 Å². The monoisotopic (exact) mass is 362 g/mol. The van der Waals surface area contributed by atoms with E-state index in [-0.39, 0.29) is 10.2 Å². The first kappa shape index (κ1) is 16.9. The van der Waals surface area contributed by atoms with E-state index in [0.29, 0.717) is 11.3 Å². The Bertz CT molecular complexity index is 820. The maximum atomic E-state index is 13.1. The van der Waals surface area contributed by atoms with Crippen LogP contribution in [0.25, 0.3) is 11.3 Å². The number of nitrogens with one attached hydrogen (secondary N) is 1. The summed E-state index contributed by atoms with van der Waals surface area (Å²) in [6.45, 7) is 1.30. The van der Waals surface area contributed by atoms with Crippen LogP contribution < -0.4 is 5.32 Å². The molecule has 2 rings (SSSR count). The van der Waals surface area contributed by atoms with E-state index in [1.807, 2.05) is 0 Å². The molecule has 1 heterocycles. The number of aromatic nitrogens is 1. The molecule has 5 nitrogen and oxygen atoms in total. The summed E-state index contributed by atoms with van der Waals surface area (Å²) in [5.74, 6) is -1.18. The van der Waals surface area contributed by atoms with Gasteiger partial charge in [-0.05, 0) is 25.1 Å². The molecule has 0 saturated heterocycles. The van der Waals surface area contributed by atoms with Gasteiger partial charge in [-0.25, -0.2) is 17.8 Å². The Hall–Kier alpha value is -1.51. The number of hydrogen-bond acceptors (Lipinski definition) is 5. The molecule has 1 atom stereocenters. The van der Waals surface area contributed by atoms with Crippen molar-refractivity contribution in [1.29, 1.82) is 0 Å². The lowest BCUT2D eigenvalue weighted by Crippen LogP contribution is -2.31. The summed E-state index contributed by atoms with van der Waals surface area (Å²) in [6, 6.07) is 4.17. The molecule has 2 aromatic rings. The van der Waals surface area contributed by atoms with Crippen molar-refractivity contribution in [1.82, 2.24) is 4.98 Å². The van der Waals surface area contributed by atoms with E-state index in [0.717, 1.165) is 17.6 Å². The molecule has 0 unspecified atom stereocenters. The van der Waals surface area contributed by atoms with Gasteiger partial charge >= 0.3 is 0 Å². The van der Waals surface area contributed by atoms with Crippen LogP contribution in [0.2, 0.25) is 5.02 Å². The Labute approximate surface area is 136 Å². The van der Waals surface area contributed by atoms with Gasteiger partial charge < -0.3 is 5.32 Å². The molecule has 9 heteroatoms. The molecule has 0 aliphatic heterocycles. The zero-order valence-electron chi connectivity index (χ0n) is 11.6. The van der Waals surface area contributed by atoms with Gasteiger partial charge in [0.25, 0.3) is 0 Å². The largest absolute Gasteiger partial charge is 0.301 e. The average molecular weight is 363 g/mol. The van der Waals surface area contributed by atoms with Crippen LogP contribution >= 0.6 is 22.9 Å². The fourth-order valence-corrected chi connectivity index (χ4v) is 2.87. The first-order valence-electron chi connectivity index (χ1n) is 6.09. The second-order valence-electron chi connectivity index (χ2n) is 4.63. The predicted molar refractivity (Wildman–Crippen MR) is 85.5 cm³/mol. The summed E-state index contributed by atoms with van der Waals surface area (Å²) in [5.41, 5.74) is 1.11. The minimum absolute atomic E-state index is 0.0261. The van der Waals surface area contributed by atoms with Gasteiger partial charge in [-0.15, -0.1) is 11.3 Å². The number of nitrogens with zero attached hydrogens (tertiary/aromatic N) is 1. The fourth-order valence-electron chi connectivity index (χ4n) is 1.52. The third kappa shape index (κ3) is 3.82. The van der Waals surface area contributed by atoms with Gasteiger partial charge in [0.1, 0.15) is 11.1 Å². The number of benzene rings is 1. The molecule has 118 valence electrons. The lowest BCUT2D eigenvalue weighted by Gasteiger charge is -2.07. The van der Waals surface area contributed by atoms with Crippen molar-refractivity contribution in [2.75, 3.05) is 11.6 Å². The summed E-state index contributed by atoms with van der Waals surface area (Å²) >= 11 is 6.85. The van der Waals surface area contributed by atoms with Crippen LogP contribution in [0.3, 0.4) is 0 Å². The van der Waals surface area contributed by atoms with Crippen molar-refractivity contribution in [2.45, 2.75) is 12.2 Å². The van der Waals surface area contributed by atoms with Crippen LogP contribution in [0.4, 0.5) is 9.52 Å². The van der Waals surface area contributed by atoms with Gasteiger partial charge in [0.2, 0.25) is 5.91 Å². The fraction of sp³-hybridized carbons (Fsp3) is 0.231. The smallest absolute Gasteiger partial charge is 0.244 e. The highest BCUT2D eigenvalue weighted by molar-refractivity contribution is 7.92. The summed E-state index contributed by atoms with van der Waals surface area (Å²) < 4.78 is 35.8. The van der Waals surface area contributed by atoms with E-state index in [1.165, 1.54) is 25.1 Å². The minimum Gasteiger partial charge on any atom is -0.301 e. The Morgan fingerprint density at radius 2 is 2.14 bits per heavy atom. The van der Waals surface area contributed by atoms with E-state index in [4.69, 9.17) is 11.6 Å². The summed E-state index contributed by atoms with van der Waals surface area (Å²) in [7, 11) is -3.47. The van der Waals surface area contributed by atoms with Crippen LogP contribution in [-0.4, -0.2) is 30.8 Å². The normalized spacial score (nSPS) is 12.9. The van der Waals surface area contributed by atoms with Gasteiger partial charge in [-0.1, -0.05) is 11.6 Å². The van der Waals surface area contributed by atoms with E-state index >= 15 is 0 Å². The zero-order chi connectivity index (χ0) is 16.5. The van der Waals surface area contributed by atoms with E-state index < -0.39 is 26.8 Å². The highest BCUT2D eigenvalue weighted by Gasteiger charge is 2.24. The Balaban J connectivity index is 2.18. The Morgan fingerprint density at radius 3 is 2.73 bits per heavy atom. The number of amides is 1. The standard InChI is InChI=1S/C13H12ClFN2O3S2/c1-7(22(2,19)20)12(18)17-13-16-11(6-21-13)8-3-4-10(15)9(14)5-8/h3-7H,1-2H3,(H,16,17,18)/t7-/m1/s1. The second kappa shape index (κ2) is 6.31. The Kier molecular flexibility index (Phi) is 4.84. The molecular formula is C13H12ClFN2O3S2. The summed E-state index contributed by atoms with van der Waals surface area (Å²) in [5, 5.41) is 3.17. The number of hydrogen-bond donors (Lipinski definition) is 1. The quantitative estimate of drug-likeness (QED) is 0.907. The molecule has 0 spiro atoms. The highest BCUT2D eigenvalue weighted by atomic mass is 35.5. The lowest BCUT2D eigenvalue weighted by molar-refractivity contribution is -0.115. The maximum Gasteiger partial charge on any atom is 0.244 e. The predicted octanol–water partition coefficient (Wildman–Crippen LogP) is 2.97. The number of thiazole rings is 1. The van der Waals surface area contributed by atoms with Crippen molar-refractivity contribution in [2.24, 2.45) is 0 Å². The first-order valence-corrected chi connectivity index (χ1v) is 9.30. The SMILES string of the molecule is C[C@H](C(=O)Nc1nc(-c2ccc(F)c(Cl)c2)cs1)S(C)(=O)=O. The summed E-state index contributed by atoms with van der Waals surface area (Å²) in [4.78, 5) is 16.0. The molecule has 0 aliphatic rings. The molecular weight excluding hydrogens is 351 g/mol. The van der Waals surface area contributed by atoms with Crippen LogP contribution in [0.1, 0.15) is 6.92 Å². The van der Waals surface area contributed by atoms with Crippen LogP contribution in [0, 0.1) is 5.82 Å². The van der Waals surface area contributed by atoms with Crippen molar-refractivity contribution in [3.05, 3.63) is 34.4 Å². The molecule has 0 bridgehead atoms. The lowest BCUT2D eigenvalue weighted by atomic mass is 10.2. The number of halogens is 2. The average Bonchev–Trinajstić information content (AvgIpc) is 2.88. The van der Waals surface area contributed by atoms with Gasteiger partial charge in [0, 0.05) is 17.2 Å².